The fraction of sp³-hybridized carbons (Fsp3) is 0.421. The van der Waals surface area contributed by atoms with Crippen LogP contribution in [0.4, 0.5) is 5.69 Å². The Kier molecular flexibility index (Phi) is 5.35. The summed E-state index contributed by atoms with van der Waals surface area (Å²) < 4.78 is 1.74. The first-order valence-electron chi connectivity index (χ1n) is 8.60. The molecule has 0 radical (unpaired) electrons. The smallest absolute Gasteiger partial charge is 0.268 e. The van der Waals surface area contributed by atoms with Gasteiger partial charge < -0.3 is 19.7 Å². The molecule has 6 heteroatoms. The van der Waals surface area contributed by atoms with Gasteiger partial charge in [-0.3, -0.25) is 4.79 Å². The third kappa shape index (κ3) is 4.17. The molecular formula is C19H25ClN4O. The lowest BCUT2D eigenvalue weighted by atomic mass is 10.1. The molecule has 0 spiro atoms. The lowest BCUT2D eigenvalue weighted by molar-refractivity contribution is 0.0931. The molecule has 0 unspecified atom stereocenters. The first kappa shape index (κ1) is 17.8. The summed E-state index contributed by atoms with van der Waals surface area (Å²) in [7, 11) is 3.97. The number of nitrogens with zero attached hydrogens (tertiary/aromatic N) is 3. The molecule has 1 atom stereocenters. The van der Waals surface area contributed by atoms with Gasteiger partial charge in [0, 0.05) is 45.1 Å². The second-order valence-electron chi connectivity index (χ2n) is 6.73. The van der Waals surface area contributed by atoms with Crippen molar-refractivity contribution in [3.8, 4) is 0 Å². The van der Waals surface area contributed by atoms with E-state index in [9.17, 15) is 4.79 Å². The van der Waals surface area contributed by atoms with E-state index in [1.807, 2.05) is 14.0 Å². The predicted molar refractivity (Wildman–Crippen MR) is 102 cm³/mol. The molecule has 134 valence electrons. The van der Waals surface area contributed by atoms with Crippen LogP contribution in [-0.2, 0) is 7.05 Å². The van der Waals surface area contributed by atoms with Gasteiger partial charge >= 0.3 is 0 Å². The van der Waals surface area contributed by atoms with Crippen molar-refractivity contribution in [2.24, 2.45) is 7.05 Å². The van der Waals surface area contributed by atoms with E-state index in [2.05, 4.69) is 46.4 Å². The van der Waals surface area contributed by atoms with Crippen LogP contribution in [0.1, 0.15) is 29.0 Å². The fourth-order valence-corrected chi connectivity index (χ4v) is 3.39. The first-order chi connectivity index (χ1) is 11.9. The molecule has 0 bridgehead atoms. The molecule has 3 rings (SSSR count). The highest BCUT2D eigenvalue weighted by atomic mass is 35.5. The highest BCUT2D eigenvalue weighted by Gasteiger charge is 2.17. The predicted octanol–water partition coefficient (Wildman–Crippen LogP) is 2.92. The van der Waals surface area contributed by atoms with Crippen molar-refractivity contribution >= 4 is 23.2 Å². The third-order valence-electron chi connectivity index (χ3n) is 4.81. The van der Waals surface area contributed by atoms with Gasteiger partial charge in [0.2, 0.25) is 0 Å². The summed E-state index contributed by atoms with van der Waals surface area (Å²) in [5, 5.41) is 3.60. The Bertz CT molecular complexity index is 732. The number of benzene rings is 1. The zero-order valence-electron chi connectivity index (χ0n) is 15.0. The topological polar surface area (TPSA) is 40.5 Å². The van der Waals surface area contributed by atoms with Crippen LogP contribution in [0.25, 0.3) is 0 Å². The van der Waals surface area contributed by atoms with E-state index < -0.39 is 0 Å². The van der Waals surface area contributed by atoms with Crippen LogP contribution in [0.5, 0.6) is 0 Å². The average molecular weight is 361 g/mol. The number of carbonyl (C=O) groups excluding carboxylic acids is 1. The maximum Gasteiger partial charge on any atom is 0.268 e. The third-order valence-corrected chi connectivity index (χ3v) is 5.02. The van der Waals surface area contributed by atoms with E-state index in [1.54, 1.807) is 16.8 Å². The molecule has 5 nitrogen and oxygen atoms in total. The van der Waals surface area contributed by atoms with E-state index in [0.29, 0.717) is 10.7 Å². The summed E-state index contributed by atoms with van der Waals surface area (Å²) in [6.07, 6.45) is 1.73. The van der Waals surface area contributed by atoms with Gasteiger partial charge in [0.1, 0.15) is 5.69 Å². The summed E-state index contributed by atoms with van der Waals surface area (Å²) in [5.41, 5.74) is 2.89. The number of carbonyl (C=O) groups is 1. The second kappa shape index (κ2) is 7.50. The van der Waals surface area contributed by atoms with Crippen molar-refractivity contribution in [1.82, 2.24) is 14.8 Å². The number of aryl methyl sites for hydroxylation is 1. The number of anilines is 1. The van der Waals surface area contributed by atoms with Gasteiger partial charge in [-0.2, -0.15) is 0 Å². The Labute approximate surface area is 154 Å². The molecule has 1 N–H and O–H groups in total. The zero-order valence-corrected chi connectivity index (χ0v) is 15.8. The van der Waals surface area contributed by atoms with E-state index in [-0.39, 0.29) is 11.9 Å². The Hall–Kier alpha value is -1.98. The number of hydrogen-bond donors (Lipinski definition) is 1. The van der Waals surface area contributed by atoms with Crippen molar-refractivity contribution in [3.05, 3.63) is 52.8 Å². The second-order valence-corrected chi connectivity index (χ2v) is 7.17. The van der Waals surface area contributed by atoms with Crippen LogP contribution in [-0.4, -0.2) is 48.6 Å². The number of nitrogens with one attached hydrogen (secondary N) is 1. The molecule has 0 aliphatic carbocycles. The molecule has 1 aliphatic rings. The van der Waals surface area contributed by atoms with E-state index in [1.165, 1.54) is 5.69 Å². The average Bonchev–Trinajstić information content (AvgIpc) is 2.94. The van der Waals surface area contributed by atoms with E-state index in [0.717, 1.165) is 31.7 Å². The number of likely N-dealkylation sites (N-methyl/N-ethyl adjacent to an activating group) is 1. The lowest BCUT2D eigenvalue weighted by Crippen LogP contribution is -2.44. The molecule has 0 saturated carbocycles. The number of piperazine rings is 1. The Morgan fingerprint density at radius 1 is 1.12 bits per heavy atom. The summed E-state index contributed by atoms with van der Waals surface area (Å²) >= 11 is 5.96. The molecular weight excluding hydrogens is 336 g/mol. The van der Waals surface area contributed by atoms with Crippen molar-refractivity contribution in [3.63, 3.8) is 0 Å². The first-order valence-corrected chi connectivity index (χ1v) is 8.98. The van der Waals surface area contributed by atoms with Crippen LogP contribution in [0.2, 0.25) is 5.02 Å². The van der Waals surface area contributed by atoms with Crippen LogP contribution < -0.4 is 10.2 Å². The highest BCUT2D eigenvalue weighted by Crippen LogP contribution is 2.21. The summed E-state index contributed by atoms with van der Waals surface area (Å²) in [6.45, 7) is 6.28. The molecule has 25 heavy (non-hydrogen) atoms. The van der Waals surface area contributed by atoms with Gasteiger partial charge in [0.15, 0.2) is 0 Å². The van der Waals surface area contributed by atoms with Gasteiger partial charge in [-0.15, -0.1) is 0 Å². The maximum atomic E-state index is 12.4. The minimum atomic E-state index is -0.120. The van der Waals surface area contributed by atoms with Crippen LogP contribution >= 0.6 is 11.6 Å². The van der Waals surface area contributed by atoms with Crippen LogP contribution in [0, 0.1) is 0 Å². The van der Waals surface area contributed by atoms with Crippen molar-refractivity contribution in [2.45, 2.75) is 13.0 Å². The molecule has 1 saturated heterocycles. The molecule has 1 aromatic heterocycles. The molecule has 2 heterocycles. The van der Waals surface area contributed by atoms with Crippen LogP contribution in [0.3, 0.4) is 0 Å². The number of amides is 1. The van der Waals surface area contributed by atoms with Crippen molar-refractivity contribution < 1.29 is 4.79 Å². The number of halogens is 1. The fourth-order valence-electron chi connectivity index (χ4n) is 3.14. The quantitative estimate of drug-likeness (QED) is 0.911. The molecule has 1 aliphatic heterocycles. The molecule has 2 aromatic rings. The monoisotopic (exact) mass is 360 g/mol. The Morgan fingerprint density at radius 2 is 1.76 bits per heavy atom. The van der Waals surface area contributed by atoms with Gasteiger partial charge in [0.25, 0.3) is 5.91 Å². The Balaban J connectivity index is 1.63. The number of hydrogen-bond acceptors (Lipinski definition) is 3. The summed E-state index contributed by atoms with van der Waals surface area (Å²) in [5.74, 6) is -0.120. The minimum absolute atomic E-state index is 0.0669. The van der Waals surface area contributed by atoms with Gasteiger partial charge in [0.05, 0.1) is 11.1 Å². The van der Waals surface area contributed by atoms with E-state index in [4.69, 9.17) is 11.6 Å². The molecule has 1 fully saturated rings. The summed E-state index contributed by atoms with van der Waals surface area (Å²) in [6, 6.07) is 10.1. The largest absolute Gasteiger partial charge is 0.369 e. The van der Waals surface area contributed by atoms with Crippen molar-refractivity contribution in [2.75, 3.05) is 38.1 Å². The van der Waals surface area contributed by atoms with E-state index >= 15 is 0 Å². The highest BCUT2D eigenvalue weighted by molar-refractivity contribution is 6.31. The van der Waals surface area contributed by atoms with Gasteiger partial charge in [-0.05, 0) is 37.7 Å². The molecule has 1 aromatic carbocycles. The maximum absolute atomic E-state index is 12.4. The normalized spacial score (nSPS) is 16.7. The SMILES string of the molecule is C[C@H](NC(=O)c1cc(Cl)cn1C)c1ccc(N2CCN(C)CC2)cc1. The van der Waals surface area contributed by atoms with Crippen molar-refractivity contribution in [1.29, 1.82) is 0 Å². The standard InChI is InChI=1S/C19H25ClN4O/c1-14(21-19(25)18-12-16(20)13-23(18)3)15-4-6-17(7-5-15)24-10-8-22(2)9-11-24/h4-7,12-14H,8-11H2,1-3H3,(H,21,25)/t14-/m0/s1. The van der Waals surface area contributed by atoms with Crippen LogP contribution in [0.15, 0.2) is 36.5 Å². The lowest BCUT2D eigenvalue weighted by Gasteiger charge is -2.34. The zero-order chi connectivity index (χ0) is 18.0. The number of rotatable bonds is 4. The Morgan fingerprint density at radius 3 is 2.32 bits per heavy atom. The van der Waals surface area contributed by atoms with Gasteiger partial charge in [-0.1, -0.05) is 23.7 Å². The summed E-state index contributed by atoms with van der Waals surface area (Å²) in [4.78, 5) is 17.2. The number of aromatic nitrogens is 1. The molecule has 1 amide bonds. The van der Waals surface area contributed by atoms with Gasteiger partial charge in [-0.25, -0.2) is 0 Å². The minimum Gasteiger partial charge on any atom is -0.369 e.